The van der Waals surface area contributed by atoms with Crippen molar-refractivity contribution < 1.29 is 77.0 Å². The van der Waals surface area contributed by atoms with Gasteiger partial charge in [0, 0.05) is 77.1 Å². The zero-order valence-electron chi connectivity index (χ0n) is 61.1. The van der Waals surface area contributed by atoms with E-state index in [0.717, 1.165) is 69.6 Å². The van der Waals surface area contributed by atoms with Crippen molar-refractivity contribution in [3.8, 4) is 0 Å². The molecule has 12 atom stereocenters. The summed E-state index contributed by atoms with van der Waals surface area (Å²) in [5.41, 5.74) is 9.23. The number of halogens is 2. The molecule has 0 spiro atoms. The molecule has 7 aromatic heterocycles. The van der Waals surface area contributed by atoms with Crippen LogP contribution >= 0.6 is 57.2 Å². The van der Waals surface area contributed by atoms with Crippen molar-refractivity contribution in [2.24, 2.45) is 33.2 Å². The van der Waals surface area contributed by atoms with Gasteiger partial charge < -0.3 is 46.1 Å². The van der Waals surface area contributed by atoms with E-state index in [1.807, 2.05) is 73.1 Å². The number of aromatic nitrogens is 7. The van der Waals surface area contributed by atoms with Crippen LogP contribution in [0.25, 0.3) is 0 Å². The van der Waals surface area contributed by atoms with E-state index in [2.05, 4.69) is 93.8 Å². The molecule has 0 radical (unpaired) electrons. The monoisotopic (exact) mass is 1700 g/mol. The van der Waals surface area contributed by atoms with Crippen molar-refractivity contribution in [2.75, 3.05) is 55.5 Å². The number of nitrogens with one attached hydrogen (secondary N) is 4. The van der Waals surface area contributed by atoms with Crippen LogP contribution in [0.3, 0.4) is 0 Å². The van der Waals surface area contributed by atoms with Gasteiger partial charge in [0.05, 0.1) is 88.2 Å². The van der Waals surface area contributed by atoms with E-state index in [4.69, 9.17) is 48.1 Å². The van der Waals surface area contributed by atoms with Crippen molar-refractivity contribution in [1.82, 2.24) is 40.2 Å². The Balaban J connectivity index is 0.000000148. The summed E-state index contributed by atoms with van der Waals surface area (Å²) in [7, 11) is -12.3. The number of nitrogens with two attached hydrogens (primary N) is 3. The van der Waals surface area contributed by atoms with Gasteiger partial charge in [-0.05, 0) is 176 Å². The molecule has 10 heterocycles. The highest BCUT2D eigenvalue weighted by Gasteiger charge is 2.42. The summed E-state index contributed by atoms with van der Waals surface area (Å²) in [6, 6.07) is 20.8. The third kappa shape index (κ3) is 19.9. The van der Waals surface area contributed by atoms with Crippen molar-refractivity contribution in [2.45, 2.75) is 132 Å². The molecule has 13 N–H and O–H groups in total. The fourth-order valence-corrected chi connectivity index (χ4v) is 19.7. The van der Waals surface area contributed by atoms with Crippen LogP contribution in [0.4, 0.5) is 17.5 Å². The Morgan fingerprint density at radius 1 is 0.566 bits per heavy atom. The Labute approximate surface area is 674 Å². The second-order valence-electron chi connectivity index (χ2n) is 28.7. The molecule has 9 aromatic rings. The van der Waals surface area contributed by atoms with Gasteiger partial charge in [-0.1, -0.05) is 53.5 Å². The fourth-order valence-electron chi connectivity index (χ4n) is 15.3. The van der Waals surface area contributed by atoms with Crippen LogP contribution in [0.2, 0.25) is 10.2 Å². The third-order valence-electron chi connectivity index (χ3n) is 21.1. The molecule has 113 heavy (non-hydrogen) atoms. The van der Waals surface area contributed by atoms with Crippen LogP contribution in [-0.4, -0.2) is 169 Å². The maximum absolute atomic E-state index is 13.6. The number of ketones is 3. The number of hydrogen-bond donors (Lipinski definition) is 10. The number of anilines is 3. The minimum absolute atomic E-state index is 0.195. The van der Waals surface area contributed by atoms with Gasteiger partial charge >= 0.3 is 30.9 Å². The van der Waals surface area contributed by atoms with Crippen LogP contribution in [0, 0.1) is 24.7 Å². The number of thiophene rings is 3. The first-order chi connectivity index (χ1) is 53.8. The topological polar surface area (TPSA) is 477 Å². The van der Waals surface area contributed by atoms with Crippen molar-refractivity contribution in [3.63, 3.8) is 0 Å². The Bertz CT molecular complexity index is 5380. The van der Waals surface area contributed by atoms with E-state index < -0.39 is 78.1 Å². The number of rotatable bonds is 24. The molecule has 3 saturated carbocycles. The number of aryl methyl sites for hydroxylation is 1. The van der Waals surface area contributed by atoms with E-state index in [1.165, 1.54) is 82.7 Å². The Hall–Kier alpha value is -7.71. The molecular formula is C74H82Cl2N14O17S6. The number of nitrogens with zero attached hydrogens (tertiary/aromatic N) is 7. The number of hydrogen-bond acceptors (Lipinski definition) is 31. The van der Waals surface area contributed by atoms with Gasteiger partial charge in [0.1, 0.15) is 53.3 Å². The zero-order chi connectivity index (χ0) is 80.3. The number of carbonyl (C=O) groups excluding carboxylic acids is 3. The highest BCUT2D eigenvalue weighted by Crippen LogP contribution is 2.45. The molecule has 3 aliphatic heterocycles. The van der Waals surface area contributed by atoms with Gasteiger partial charge in [-0.2, -0.15) is 25.3 Å². The highest BCUT2D eigenvalue weighted by molar-refractivity contribution is 7.84. The lowest BCUT2D eigenvalue weighted by atomic mass is 9.80. The number of pyridine rings is 1. The largest absolute Gasteiger partial charge is 0.393 e. The summed E-state index contributed by atoms with van der Waals surface area (Å²) < 4.78 is 93.0. The Morgan fingerprint density at radius 2 is 1.04 bits per heavy atom. The summed E-state index contributed by atoms with van der Waals surface area (Å²) in [6.07, 6.45) is 12.3. The number of benzene rings is 2. The van der Waals surface area contributed by atoms with E-state index in [1.54, 1.807) is 6.20 Å². The minimum atomic E-state index is -4.10. The maximum Gasteiger partial charge on any atom is 0.333 e. The lowest BCUT2D eigenvalue weighted by Gasteiger charge is -2.37. The summed E-state index contributed by atoms with van der Waals surface area (Å²) >= 11 is 16.5. The first-order valence-corrected chi connectivity index (χ1v) is 43.7. The number of aliphatic hydroxyl groups is 3. The third-order valence-corrected chi connectivity index (χ3v) is 25.9. The van der Waals surface area contributed by atoms with Gasteiger partial charge in [-0.3, -0.25) is 26.9 Å². The fraction of sp³-hybridized carbons (Fsp3) is 0.405. The van der Waals surface area contributed by atoms with Crippen LogP contribution < -0.4 is 36.7 Å². The quantitative estimate of drug-likeness (QED) is 0.0206. The molecule has 0 bridgehead atoms. The Morgan fingerprint density at radius 3 is 1.57 bits per heavy atom. The van der Waals surface area contributed by atoms with Gasteiger partial charge in [0.15, 0.2) is 0 Å². The predicted octanol–water partition coefficient (Wildman–Crippen LogP) is 7.54. The molecule has 0 amide bonds. The number of ether oxygens (including phenoxy) is 2. The SMILES string of the molecule is CC1(c2csc(C(=O)c3cncnc3N[C@@H]3C[C@H](COS(N)(=O)=O)[C@@H](O)C3)c2)NCCc2ccccc21.CC1(c2csc(C(=O)c3cncnc3N[C@@H]3C[C@H](COS(N)(=O)=O)[C@@H](O)C3)c2)OCCc2ccc(Cl)cc21.Cc1sc(C(=O)c2cncnc2N[C@@H]2C[C@H](COS(N)(=O)=O)[C@@H](O)C2)cc1C1OCCc2cnc(Cl)cc21. The molecule has 3 aliphatic carbocycles. The lowest BCUT2D eigenvalue weighted by Crippen LogP contribution is -2.45. The first kappa shape index (κ1) is 83.2. The Kier molecular flexibility index (Phi) is 25.8. The molecule has 6 aliphatic rings. The highest BCUT2D eigenvalue weighted by atomic mass is 35.5. The van der Waals surface area contributed by atoms with Crippen LogP contribution in [0.1, 0.15) is 159 Å². The zero-order valence-corrected chi connectivity index (χ0v) is 67.5. The van der Waals surface area contributed by atoms with Crippen LogP contribution in [0.15, 0.2) is 121 Å². The molecule has 39 heteroatoms. The standard InChI is InChI=1S/C25H27ClN4O6S2.C25H29N5O5S2.C24H26ClN5O6S2/c1-25(20-8-17(26)3-2-14(20)4-5-35-25)16-7-22(37-12-16)23(32)19-10-28-13-29-24(19)30-18-6-15(21(31)9-18)11-36-38(27,33)34;1-25(20-5-3-2-4-15(20)6-7-29-25)17-9-22(36-13-17)23(32)19-11-27-14-28-24(19)30-18-8-16(21(31)10-18)12-35-37(26,33)34;1-12-16(23-17-7-21(25)28-8-13(17)2-3-35-23)6-20(37-12)22(32)18-9-27-11-29-24(18)30-15-4-14(19(31)5-15)10-36-38(26,33)34/h2-3,7-8,10,12-13,15,18,21,31H,4-6,9,11H2,1H3,(H2,27,33,34)(H,28,29,30);2-5,9,11,13-14,16,18,21,29,31H,6-8,10,12H2,1H3,(H2,26,33,34)(H,27,28,30);6-9,11,14-15,19,23,31H,2-5,10H2,1H3,(H2,26,33,34)(H,27,29,30)/t15-,18-,21+,25?;16-,18-,21+,25?;14-,15-,19+,23?/m111/s1. The van der Waals surface area contributed by atoms with Crippen molar-refractivity contribution in [3.05, 3.63) is 218 Å². The average Bonchev–Trinajstić information content (AvgIpc) is 1.76. The molecule has 600 valence electrons. The summed E-state index contributed by atoms with van der Waals surface area (Å²) in [6.45, 7) is 7.36. The summed E-state index contributed by atoms with van der Waals surface area (Å²) in [5.74, 6) is -0.930. The molecular weight excluding hydrogens is 1620 g/mol. The molecule has 0 saturated heterocycles. The number of fused-ring (bicyclic) bond motifs is 3. The molecule has 15 rings (SSSR count). The molecule has 31 nitrogen and oxygen atoms in total. The molecule has 3 unspecified atom stereocenters. The normalized spacial score (nSPS) is 24.7. The van der Waals surface area contributed by atoms with E-state index in [-0.39, 0.29) is 72.5 Å². The average molecular weight is 1700 g/mol. The lowest BCUT2D eigenvalue weighted by molar-refractivity contribution is -0.0138. The van der Waals surface area contributed by atoms with Crippen LogP contribution in [-0.2, 0) is 83.3 Å². The number of aliphatic hydroxyl groups excluding tert-OH is 3. The van der Waals surface area contributed by atoms with Gasteiger partial charge in [0.25, 0.3) is 0 Å². The smallest absolute Gasteiger partial charge is 0.333 e. The number of carbonyl (C=O) groups is 3. The minimum Gasteiger partial charge on any atom is -0.393 e. The first-order valence-electron chi connectivity index (χ1n) is 36.0. The predicted molar refractivity (Wildman–Crippen MR) is 423 cm³/mol. The summed E-state index contributed by atoms with van der Waals surface area (Å²) in [5, 5.41) is 64.0. The van der Waals surface area contributed by atoms with E-state index >= 15 is 0 Å². The summed E-state index contributed by atoms with van der Waals surface area (Å²) in [4.78, 5) is 72.4. The van der Waals surface area contributed by atoms with Crippen molar-refractivity contribution >= 4 is 123 Å². The second-order valence-corrected chi connectivity index (χ2v) is 36.3. The second kappa shape index (κ2) is 35.0. The van der Waals surface area contributed by atoms with Crippen molar-refractivity contribution in [1.29, 1.82) is 0 Å². The molecule has 2 aromatic carbocycles. The molecule has 3 fully saturated rings. The maximum atomic E-state index is 13.6. The van der Waals surface area contributed by atoms with Gasteiger partial charge in [-0.25, -0.2) is 50.3 Å². The van der Waals surface area contributed by atoms with E-state index in [0.29, 0.717) is 99.6 Å². The van der Waals surface area contributed by atoms with Gasteiger partial charge in [-0.15, -0.1) is 34.0 Å². The van der Waals surface area contributed by atoms with Gasteiger partial charge in [0.2, 0.25) is 17.3 Å². The van der Waals surface area contributed by atoms with E-state index in [9.17, 15) is 55.0 Å². The van der Waals surface area contributed by atoms with Crippen LogP contribution in [0.5, 0.6) is 0 Å².